The Labute approximate surface area is 126 Å². The number of benzene rings is 1. The van der Waals surface area contributed by atoms with Crippen LogP contribution < -0.4 is 4.74 Å². The average Bonchev–Trinajstić information content (AvgIpc) is 2.47. The van der Waals surface area contributed by atoms with Crippen LogP contribution in [0, 0.1) is 0 Å². The number of aryl methyl sites for hydroxylation is 1. The lowest BCUT2D eigenvalue weighted by Crippen LogP contribution is -2.45. The van der Waals surface area contributed by atoms with Crippen molar-refractivity contribution < 1.29 is 19.4 Å². The van der Waals surface area contributed by atoms with Gasteiger partial charge in [0.05, 0.1) is 16.2 Å². The lowest BCUT2D eigenvalue weighted by molar-refractivity contribution is -0.132. The molecular formula is C15H12ClNO4. The van der Waals surface area contributed by atoms with E-state index in [0.717, 1.165) is 12.0 Å². The molecule has 0 aliphatic carbocycles. The summed E-state index contributed by atoms with van der Waals surface area (Å²) in [5, 5.41) is 9.08. The molecule has 2 aliphatic heterocycles. The maximum absolute atomic E-state index is 12.5. The molecule has 1 aromatic carbocycles. The van der Waals surface area contributed by atoms with E-state index >= 15 is 0 Å². The van der Waals surface area contributed by atoms with Gasteiger partial charge in [-0.05, 0) is 30.2 Å². The number of halogens is 1. The number of rotatable bonds is 2. The van der Waals surface area contributed by atoms with E-state index in [4.69, 9.17) is 21.4 Å². The average molecular weight is 306 g/mol. The Morgan fingerprint density at radius 1 is 1.48 bits per heavy atom. The van der Waals surface area contributed by atoms with Crippen LogP contribution in [0.5, 0.6) is 5.75 Å². The number of ether oxygens (including phenoxy) is 1. The van der Waals surface area contributed by atoms with Crippen molar-refractivity contribution in [3.63, 3.8) is 0 Å². The van der Waals surface area contributed by atoms with Crippen molar-refractivity contribution in [1.82, 2.24) is 4.90 Å². The Balaban J connectivity index is 2.05. The predicted molar refractivity (Wildman–Crippen MR) is 76.1 cm³/mol. The molecule has 6 heteroatoms. The minimum absolute atomic E-state index is 0.00537. The highest BCUT2D eigenvalue weighted by Gasteiger charge is 2.36. The van der Waals surface area contributed by atoms with E-state index in [1.54, 1.807) is 12.1 Å². The van der Waals surface area contributed by atoms with Crippen LogP contribution in [0.1, 0.15) is 22.8 Å². The number of amides is 1. The number of hydrogen-bond donors (Lipinski definition) is 1. The van der Waals surface area contributed by atoms with Crippen LogP contribution in [-0.2, 0) is 11.2 Å². The van der Waals surface area contributed by atoms with Gasteiger partial charge in [-0.2, -0.15) is 0 Å². The molecule has 0 aromatic heterocycles. The molecule has 2 aliphatic rings. The quantitative estimate of drug-likeness (QED) is 0.911. The molecule has 3 rings (SSSR count). The third-order valence-electron chi connectivity index (χ3n) is 3.49. The van der Waals surface area contributed by atoms with Gasteiger partial charge in [-0.1, -0.05) is 24.6 Å². The second-order valence-corrected chi connectivity index (χ2v) is 5.17. The molecule has 0 saturated heterocycles. The third kappa shape index (κ3) is 2.19. The summed E-state index contributed by atoms with van der Waals surface area (Å²) in [4.78, 5) is 24.9. The lowest BCUT2D eigenvalue weighted by atomic mass is 10.0. The van der Waals surface area contributed by atoms with Gasteiger partial charge in [0.25, 0.3) is 5.91 Å². The Bertz CT molecular complexity index is 708. The highest BCUT2D eigenvalue weighted by molar-refractivity contribution is 6.35. The zero-order valence-electron chi connectivity index (χ0n) is 11.2. The summed E-state index contributed by atoms with van der Waals surface area (Å²) in [6.07, 6.45) is 2.66. The van der Waals surface area contributed by atoms with E-state index in [1.165, 1.54) is 17.2 Å². The van der Waals surface area contributed by atoms with Crippen molar-refractivity contribution >= 4 is 23.5 Å². The van der Waals surface area contributed by atoms with Crippen molar-refractivity contribution in [3.8, 4) is 5.75 Å². The highest BCUT2D eigenvalue weighted by atomic mass is 35.5. The van der Waals surface area contributed by atoms with Crippen molar-refractivity contribution in [2.45, 2.75) is 19.6 Å². The number of carbonyl (C=O) groups is 2. The van der Waals surface area contributed by atoms with Crippen LogP contribution in [0.4, 0.5) is 0 Å². The number of carbonyl (C=O) groups excluding carboxylic acids is 1. The molecule has 2 heterocycles. The van der Waals surface area contributed by atoms with E-state index in [0.29, 0.717) is 11.3 Å². The Kier molecular flexibility index (Phi) is 3.22. The Morgan fingerprint density at radius 2 is 2.24 bits per heavy atom. The second kappa shape index (κ2) is 4.93. The van der Waals surface area contributed by atoms with Gasteiger partial charge in [0, 0.05) is 6.20 Å². The van der Waals surface area contributed by atoms with E-state index in [2.05, 4.69) is 0 Å². The lowest BCUT2D eigenvalue weighted by Gasteiger charge is -2.35. The molecule has 0 bridgehead atoms. The smallest absolute Gasteiger partial charge is 0.337 e. The Hall–Kier alpha value is -2.27. The Morgan fingerprint density at radius 3 is 2.90 bits per heavy atom. The van der Waals surface area contributed by atoms with E-state index in [9.17, 15) is 9.59 Å². The summed E-state index contributed by atoms with van der Waals surface area (Å²) < 4.78 is 5.70. The maximum atomic E-state index is 12.5. The fourth-order valence-corrected chi connectivity index (χ4v) is 2.59. The first-order valence-electron chi connectivity index (χ1n) is 6.46. The molecule has 5 nitrogen and oxygen atoms in total. The molecule has 1 aromatic rings. The van der Waals surface area contributed by atoms with Gasteiger partial charge >= 0.3 is 5.97 Å². The number of fused-ring (bicyclic) bond motifs is 2. The minimum Gasteiger partial charge on any atom is -0.478 e. The fraction of sp³-hybridized carbons (Fsp3) is 0.200. The number of carboxylic acids is 1. The number of hydrogen-bond acceptors (Lipinski definition) is 3. The van der Waals surface area contributed by atoms with Crippen molar-refractivity contribution in [1.29, 1.82) is 0 Å². The molecule has 0 saturated carbocycles. The second-order valence-electron chi connectivity index (χ2n) is 4.77. The third-order valence-corrected chi connectivity index (χ3v) is 3.79. The SMILES string of the molecule is CCc1ccc2c(c1)C(=O)N1C=C(Cl)C(C(=O)O)=CC1O2. The predicted octanol–water partition coefficient (Wildman–Crippen LogP) is 2.51. The van der Waals surface area contributed by atoms with Crippen LogP contribution in [0.2, 0.25) is 0 Å². The van der Waals surface area contributed by atoms with Gasteiger partial charge in [-0.25, -0.2) is 4.79 Å². The first-order valence-corrected chi connectivity index (χ1v) is 6.84. The van der Waals surface area contributed by atoms with Gasteiger partial charge in [-0.15, -0.1) is 0 Å². The molecule has 0 spiro atoms. The van der Waals surface area contributed by atoms with Gasteiger partial charge in [0.15, 0.2) is 6.23 Å². The van der Waals surface area contributed by atoms with Gasteiger partial charge in [0.2, 0.25) is 0 Å². The van der Waals surface area contributed by atoms with Crippen molar-refractivity contribution in [3.05, 3.63) is 52.2 Å². The first kappa shape index (κ1) is 13.7. The molecule has 1 N–H and O–H groups in total. The molecule has 1 unspecified atom stereocenters. The van der Waals surface area contributed by atoms with Crippen molar-refractivity contribution in [2.75, 3.05) is 0 Å². The zero-order chi connectivity index (χ0) is 15.1. The van der Waals surface area contributed by atoms with E-state index in [1.807, 2.05) is 13.0 Å². The highest BCUT2D eigenvalue weighted by Crippen LogP contribution is 2.34. The standard InChI is InChI=1S/C15H12ClNO4/c1-2-8-3-4-12-10(5-8)14(18)17-7-11(16)9(15(19)20)6-13(17)21-12/h3-7,13H,2H2,1H3,(H,19,20). The summed E-state index contributed by atoms with van der Waals surface area (Å²) in [7, 11) is 0. The molecule has 1 amide bonds. The zero-order valence-corrected chi connectivity index (χ0v) is 11.9. The molecule has 1 atom stereocenters. The summed E-state index contributed by atoms with van der Waals surface area (Å²) >= 11 is 5.91. The maximum Gasteiger partial charge on any atom is 0.337 e. The van der Waals surface area contributed by atoms with Crippen LogP contribution in [0.25, 0.3) is 0 Å². The van der Waals surface area contributed by atoms with Crippen molar-refractivity contribution in [2.24, 2.45) is 0 Å². The topological polar surface area (TPSA) is 66.8 Å². The molecular weight excluding hydrogens is 294 g/mol. The normalized spacial score (nSPS) is 20.0. The minimum atomic E-state index is -1.15. The molecule has 0 radical (unpaired) electrons. The number of aliphatic carboxylic acids is 1. The number of carboxylic acid groups (broad SMARTS) is 1. The van der Waals surface area contributed by atoms with Crippen LogP contribution >= 0.6 is 11.6 Å². The van der Waals surface area contributed by atoms with E-state index in [-0.39, 0.29) is 16.5 Å². The summed E-state index contributed by atoms with van der Waals surface area (Å²) in [6.45, 7) is 2.00. The molecule has 21 heavy (non-hydrogen) atoms. The van der Waals surface area contributed by atoms with Gasteiger partial charge in [0.1, 0.15) is 5.75 Å². The van der Waals surface area contributed by atoms with Crippen LogP contribution in [0.3, 0.4) is 0 Å². The van der Waals surface area contributed by atoms with E-state index < -0.39 is 12.2 Å². The van der Waals surface area contributed by atoms with Gasteiger partial charge < -0.3 is 9.84 Å². The monoisotopic (exact) mass is 305 g/mol. The largest absolute Gasteiger partial charge is 0.478 e. The molecule has 108 valence electrons. The first-order chi connectivity index (χ1) is 10.0. The fourth-order valence-electron chi connectivity index (χ4n) is 2.34. The van der Waals surface area contributed by atoms with Gasteiger partial charge in [-0.3, -0.25) is 9.69 Å². The van der Waals surface area contributed by atoms with Crippen LogP contribution in [0.15, 0.2) is 41.1 Å². The summed E-state index contributed by atoms with van der Waals surface area (Å²) in [5.41, 5.74) is 1.41. The number of nitrogens with zero attached hydrogens (tertiary/aromatic N) is 1. The summed E-state index contributed by atoms with van der Waals surface area (Å²) in [5.74, 6) is -0.958. The molecule has 0 fully saturated rings. The van der Waals surface area contributed by atoms with Crippen LogP contribution in [-0.4, -0.2) is 28.1 Å². The summed E-state index contributed by atoms with van der Waals surface area (Å²) in [6, 6.07) is 5.40.